The van der Waals surface area contributed by atoms with Crippen molar-refractivity contribution in [2.24, 2.45) is 5.92 Å². The van der Waals surface area contributed by atoms with E-state index in [9.17, 15) is 9.18 Å². The fourth-order valence-electron chi connectivity index (χ4n) is 2.79. The predicted octanol–water partition coefficient (Wildman–Crippen LogP) is 3.83. The molecule has 3 heteroatoms. The maximum atomic E-state index is 13.6. The molecule has 0 bridgehead atoms. The number of halogens is 1. The van der Waals surface area contributed by atoms with Crippen LogP contribution in [0.25, 0.3) is 0 Å². The van der Waals surface area contributed by atoms with E-state index in [1.54, 1.807) is 12.1 Å². The molecule has 1 amide bonds. The molecular formula is C16H22FNO. The van der Waals surface area contributed by atoms with Crippen LogP contribution in [-0.2, 0) is 0 Å². The lowest BCUT2D eigenvalue weighted by atomic mass is 9.84. The van der Waals surface area contributed by atoms with Crippen molar-refractivity contribution in [2.45, 2.75) is 52.0 Å². The SMILES string of the molecule is CCC1CCC(NC(=O)c2cc(C)ccc2F)CC1. The molecule has 0 saturated heterocycles. The summed E-state index contributed by atoms with van der Waals surface area (Å²) >= 11 is 0. The second-order valence-corrected chi connectivity index (χ2v) is 5.58. The lowest BCUT2D eigenvalue weighted by Crippen LogP contribution is -2.38. The first-order valence-corrected chi connectivity index (χ1v) is 7.17. The molecule has 0 spiro atoms. The van der Waals surface area contributed by atoms with Gasteiger partial charge in [-0.2, -0.15) is 0 Å². The second kappa shape index (κ2) is 6.18. The Morgan fingerprint density at radius 1 is 1.32 bits per heavy atom. The van der Waals surface area contributed by atoms with Crippen LogP contribution >= 0.6 is 0 Å². The first-order chi connectivity index (χ1) is 9.10. The number of aryl methyl sites for hydroxylation is 1. The molecule has 0 aromatic heterocycles. The van der Waals surface area contributed by atoms with Crippen molar-refractivity contribution in [3.8, 4) is 0 Å². The number of rotatable bonds is 3. The minimum Gasteiger partial charge on any atom is -0.349 e. The predicted molar refractivity (Wildman–Crippen MR) is 74.6 cm³/mol. The first kappa shape index (κ1) is 14.0. The summed E-state index contributed by atoms with van der Waals surface area (Å²) in [4.78, 5) is 12.1. The van der Waals surface area contributed by atoms with Gasteiger partial charge in [0.25, 0.3) is 5.91 Å². The Morgan fingerprint density at radius 2 is 2.00 bits per heavy atom. The van der Waals surface area contributed by atoms with E-state index in [1.807, 2.05) is 6.92 Å². The highest BCUT2D eigenvalue weighted by molar-refractivity contribution is 5.94. The first-order valence-electron chi connectivity index (χ1n) is 7.17. The van der Waals surface area contributed by atoms with Crippen LogP contribution in [0.15, 0.2) is 18.2 Å². The molecule has 1 aromatic carbocycles. The van der Waals surface area contributed by atoms with Gasteiger partial charge in [-0.1, -0.05) is 25.0 Å². The zero-order valence-corrected chi connectivity index (χ0v) is 11.7. The quantitative estimate of drug-likeness (QED) is 0.882. The topological polar surface area (TPSA) is 29.1 Å². The molecule has 1 N–H and O–H groups in total. The molecule has 1 aliphatic carbocycles. The standard InChI is InChI=1S/C16H22FNO/c1-3-12-5-7-13(8-6-12)18-16(19)14-10-11(2)4-9-15(14)17/h4,9-10,12-13H,3,5-8H2,1-2H3,(H,18,19). The average Bonchev–Trinajstić information content (AvgIpc) is 2.42. The molecule has 0 radical (unpaired) electrons. The lowest BCUT2D eigenvalue weighted by Gasteiger charge is -2.28. The van der Waals surface area contributed by atoms with Crippen LogP contribution in [0.3, 0.4) is 0 Å². The average molecular weight is 263 g/mol. The zero-order valence-electron chi connectivity index (χ0n) is 11.7. The van der Waals surface area contributed by atoms with Crippen LogP contribution in [0.1, 0.15) is 54.9 Å². The van der Waals surface area contributed by atoms with Gasteiger partial charge in [-0.05, 0) is 50.7 Å². The molecule has 19 heavy (non-hydrogen) atoms. The maximum absolute atomic E-state index is 13.6. The van der Waals surface area contributed by atoms with Gasteiger partial charge >= 0.3 is 0 Å². The summed E-state index contributed by atoms with van der Waals surface area (Å²) in [5.74, 6) is 0.0790. The minimum absolute atomic E-state index is 0.164. The Labute approximate surface area is 114 Å². The van der Waals surface area contributed by atoms with Crippen molar-refractivity contribution in [3.05, 3.63) is 35.1 Å². The number of hydrogen-bond acceptors (Lipinski definition) is 1. The maximum Gasteiger partial charge on any atom is 0.254 e. The molecule has 0 atom stereocenters. The number of nitrogens with one attached hydrogen (secondary N) is 1. The van der Waals surface area contributed by atoms with E-state index < -0.39 is 5.82 Å². The summed E-state index contributed by atoms with van der Waals surface area (Å²) in [6.45, 7) is 4.08. The van der Waals surface area contributed by atoms with Gasteiger partial charge < -0.3 is 5.32 Å². The van der Waals surface area contributed by atoms with Crippen molar-refractivity contribution in [1.29, 1.82) is 0 Å². The molecule has 1 aliphatic rings. The molecule has 1 aromatic rings. The third-order valence-corrected chi connectivity index (χ3v) is 4.13. The minimum atomic E-state index is -0.439. The van der Waals surface area contributed by atoms with Gasteiger partial charge in [0.1, 0.15) is 5.82 Å². The van der Waals surface area contributed by atoms with Crippen molar-refractivity contribution < 1.29 is 9.18 Å². The van der Waals surface area contributed by atoms with Crippen molar-refractivity contribution in [1.82, 2.24) is 5.32 Å². The summed E-state index contributed by atoms with van der Waals surface area (Å²) in [6, 6.07) is 4.86. The Kier molecular flexibility index (Phi) is 4.56. The molecule has 0 unspecified atom stereocenters. The van der Waals surface area contributed by atoms with Crippen LogP contribution in [0.4, 0.5) is 4.39 Å². The van der Waals surface area contributed by atoms with E-state index in [0.29, 0.717) is 0 Å². The van der Waals surface area contributed by atoms with E-state index in [0.717, 1.165) is 37.2 Å². The number of carbonyl (C=O) groups excluding carboxylic acids is 1. The van der Waals surface area contributed by atoms with Gasteiger partial charge in [-0.25, -0.2) is 4.39 Å². The van der Waals surface area contributed by atoms with E-state index in [4.69, 9.17) is 0 Å². The van der Waals surface area contributed by atoms with Gasteiger partial charge in [-0.3, -0.25) is 4.79 Å². The third kappa shape index (κ3) is 3.55. The Hall–Kier alpha value is -1.38. The second-order valence-electron chi connectivity index (χ2n) is 5.58. The molecular weight excluding hydrogens is 241 g/mol. The van der Waals surface area contributed by atoms with Crippen molar-refractivity contribution >= 4 is 5.91 Å². The van der Waals surface area contributed by atoms with E-state index in [2.05, 4.69) is 12.2 Å². The van der Waals surface area contributed by atoms with Gasteiger partial charge in [0, 0.05) is 6.04 Å². The highest BCUT2D eigenvalue weighted by Gasteiger charge is 2.22. The fourth-order valence-corrected chi connectivity index (χ4v) is 2.79. The highest BCUT2D eigenvalue weighted by atomic mass is 19.1. The number of benzene rings is 1. The summed E-state index contributed by atoms with van der Waals surface area (Å²) in [5.41, 5.74) is 1.07. The van der Waals surface area contributed by atoms with Gasteiger partial charge in [0.15, 0.2) is 0 Å². The van der Waals surface area contributed by atoms with E-state index >= 15 is 0 Å². The van der Waals surface area contributed by atoms with Gasteiger partial charge in [0.05, 0.1) is 5.56 Å². The van der Waals surface area contributed by atoms with E-state index in [1.165, 1.54) is 12.5 Å². The smallest absolute Gasteiger partial charge is 0.254 e. The molecule has 2 nitrogen and oxygen atoms in total. The van der Waals surface area contributed by atoms with E-state index in [-0.39, 0.29) is 17.5 Å². The molecule has 0 heterocycles. The molecule has 1 saturated carbocycles. The van der Waals surface area contributed by atoms with Gasteiger partial charge in [0.2, 0.25) is 0 Å². The van der Waals surface area contributed by atoms with Gasteiger partial charge in [-0.15, -0.1) is 0 Å². The normalized spacial score (nSPS) is 23.1. The monoisotopic (exact) mass is 263 g/mol. The van der Waals surface area contributed by atoms with Crippen LogP contribution in [0.2, 0.25) is 0 Å². The van der Waals surface area contributed by atoms with Crippen LogP contribution in [0.5, 0.6) is 0 Å². The summed E-state index contributed by atoms with van der Waals surface area (Å²) in [7, 11) is 0. The molecule has 1 fully saturated rings. The number of carbonyl (C=O) groups is 1. The summed E-state index contributed by atoms with van der Waals surface area (Å²) < 4.78 is 13.6. The van der Waals surface area contributed by atoms with Crippen LogP contribution < -0.4 is 5.32 Å². The van der Waals surface area contributed by atoms with Crippen LogP contribution in [0, 0.1) is 18.7 Å². The highest BCUT2D eigenvalue weighted by Crippen LogP contribution is 2.26. The molecule has 2 rings (SSSR count). The fraction of sp³-hybridized carbons (Fsp3) is 0.562. The Morgan fingerprint density at radius 3 is 2.63 bits per heavy atom. The van der Waals surface area contributed by atoms with Crippen LogP contribution in [-0.4, -0.2) is 11.9 Å². The summed E-state index contributed by atoms with van der Waals surface area (Å²) in [6.07, 6.45) is 5.57. The molecule has 104 valence electrons. The Bertz CT molecular complexity index is 450. The zero-order chi connectivity index (χ0) is 13.8. The third-order valence-electron chi connectivity index (χ3n) is 4.13. The lowest BCUT2D eigenvalue weighted by molar-refractivity contribution is 0.0917. The summed E-state index contributed by atoms with van der Waals surface area (Å²) in [5, 5.41) is 2.97. The molecule has 0 aliphatic heterocycles. The van der Waals surface area contributed by atoms with Crippen molar-refractivity contribution in [2.75, 3.05) is 0 Å². The number of amides is 1. The number of hydrogen-bond donors (Lipinski definition) is 1. The Balaban J connectivity index is 1.96. The van der Waals surface area contributed by atoms with Crippen molar-refractivity contribution in [3.63, 3.8) is 0 Å². The largest absolute Gasteiger partial charge is 0.349 e.